The molecular formula is C62H91N5O13. The second-order valence-corrected chi connectivity index (χ2v) is 22.6. The number of esters is 1. The van der Waals surface area contributed by atoms with Gasteiger partial charge in [-0.15, -0.1) is 12.3 Å². The zero-order valence-electron chi connectivity index (χ0n) is 48.4. The monoisotopic (exact) mass is 1110 g/mol. The number of piperidine rings is 1. The minimum atomic E-state index is -2.49. The van der Waals surface area contributed by atoms with Crippen molar-refractivity contribution in [3.8, 4) is 12.3 Å². The summed E-state index contributed by atoms with van der Waals surface area (Å²) in [7, 11) is 3.21. The number of hydrogen-bond acceptors (Lipinski definition) is 15. The van der Waals surface area contributed by atoms with Crippen LogP contribution in [0.1, 0.15) is 138 Å². The lowest BCUT2D eigenvalue weighted by Crippen LogP contribution is -2.61. The molecule has 2 saturated heterocycles. The van der Waals surface area contributed by atoms with E-state index in [-0.39, 0.29) is 61.1 Å². The van der Waals surface area contributed by atoms with Gasteiger partial charge in [0.15, 0.2) is 5.78 Å². The molecule has 1 aromatic carbocycles. The van der Waals surface area contributed by atoms with Gasteiger partial charge in [-0.25, -0.2) is 15.0 Å². The lowest BCUT2D eigenvalue weighted by molar-refractivity contribution is -0.265. The maximum absolute atomic E-state index is 14.9. The Bertz CT molecular complexity index is 2400. The van der Waals surface area contributed by atoms with Crippen LogP contribution in [-0.2, 0) is 42.9 Å². The first-order valence-electron chi connectivity index (χ1n) is 28.8. The molecule has 3 aliphatic heterocycles. The number of unbranched alkanes of at least 4 members (excludes halogenated alkanes) is 2. The number of ether oxygens (including phenoxy) is 5. The first kappa shape index (κ1) is 65.5. The molecule has 1 aromatic rings. The van der Waals surface area contributed by atoms with Crippen molar-refractivity contribution in [1.29, 1.82) is 0 Å². The molecule has 15 atom stereocenters. The molecule has 18 heteroatoms. The molecule has 3 heterocycles. The number of Topliss-reactive ketones (excluding diaryl/α,β-unsaturated/α-hetero) is 2. The summed E-state index contributed by atoms with van der Waals surface area (Å²) in [6.45, 7) is 11.1. The summed E-state index contributed by atoms with van der Waals surface area (Å²) in [5.41, 5.74) is 11.6. The summed E-state index contributed by atoms with van der Waals surface area (Å²) in [6, 6.07) is 5.95. The predicted molar refractivity (Wildman–Crippen MR) is 307 cm³/mol. The Morgan fingerprint density at radius 3 is 2.38 bits per heavy atom. The van der Waals surface area contributed by atoms with Crippen LogP contribution in [0.15, 0.2) is 83.0 Å². The van der Waals surface area contributed by atoms with Crippen LogP contribution in [0.4, 0.5) is 10.5 Å². The summed E-state index contributed by atoms with van der Waals surface area (Å²) < 4.78 is 30.8. The number of para-hydroxylation sites is 1. The fraction of sp³-hybridized carbons (Fsp3) is 0.645. The van der Waals surface area contributed by atoms with Gasteiger partial charge in [-0.3, -0.25) is 14.4 Å². The molecule has 18 nitrogen and oxygen atoms in total. The third-order valence-corrected chi connectivity index (χ3v) is 16.4. The molecular weight excluding hydrogens is 1020 g/mol. The molecule has 0 aromatic heterocycles. The van der Waals surface area contributed by atoms with Gasteiger partial charge < -0.3 is 55.0 Å². The second kappa shape index (κ2) is 32.3. The molecule has 4 aliphatic rings. The van der Waals surface area contributed by atoms with Crippen LogP contribution in [0.25, 0.3) is 0 Å². The molecule has 1 aliphatic carbocycles. The normalized spacial score (nSPS) is 35.3. The number of hydrazone groups is 1. The third-order valence-electron chi connectivity index (χ3n) is 16.4. The van der Waals surface area contributed by atoms with Crippen LogP contribution in [0, 0.1) is 41.9 Å². The number of urea groups is 1. The van der Waals surface area contributed by atoms with E-state index in [2.05, 4.69) is 21.8 Å². The van der Waals surface area contributed by atoms with E-state index >= 15 is 0 Å². The molecule has 80 heavy (non-hydrogen) atoms. The van der Waals surface area contributed by atoms with Crippen molar-refractivity contribution in [2.24, 2.45) is 40.4 Å². The highest BCUT2D eigenvalue weighted by Crippen LogP contribution is 2.37. The smallest absolute Gasteiger partial charge is 0.339 e. The van der Waals surface area contributed by atoms with E-state index in [0.29, 0.717) is 70.1 Å². The lowest BCUT2D eigenvalue weighted by Gasteiger charge is -2.42. The van der Waals surface area contributed by atoms with Gasteiger partial charge in [-0.05, 0) is 126 Å². The molecule has 5 rings (SSSR count). The minimum Gasteiger partial charge on any atom is -0.459 e. The third kappa shape index (κ3) is 18.8. The van der Waals surface area contributed by atoms with Crippen molar-refractivity contribution in [1.82, 2.24) is 10.3 Å². The van der Waals surface area contributed by atoms with Crippen molar-refractivity contribution >= 4 is 40.9 Å². The van der Waals surface area contributed by atoms with Crippen LogP contribution in [-0.4, -0.2) is 143 Å². The number of ketones is 2. The Kier molecular flexibility index (Phi) is 26.4. The highest BCUT2D eigenvalue weighted by molar-refractivity contribution is 6.39. The number of aliphatic hydroxyl groups excluding tert-OH is 2. The quantitative estimate of drug-likeness (QED) is 0.0294. The number of carbonyl (C=O) groups excluding carboxylic acids is 5. The molecule has 2 bridgehead atoms. The van der Waals surface area contributed by atoms with Crippen molar-refractivity contribution in [3.05, 3.63) is 77.9 Å². The number of hydrogen-bond donors (Lipinski definition) is 6. The molecule has 0 spiro atoms. The van der Waals surface area contributed by atoms with E-state index < -0.39 is 95.6 Å². The average Bonchev–Trinajstić information content (AvgIpc) is 3.49. The number of allylic oxidation sites excluding steroid dienone is 6. The fourth-order valence-electron chi connectivity index (χ4n) is 11.4. The molecule has 442 valence electrons. The number of nitrogens with zero attached hydrogens (tertiary/aromatic N) is 2. The molecule has 0 radical (unpaired) electrons. The van der Waals surface area contributed by atoms with Gasteiger partial charge in [0, 0.05) is 81.8 Å². The van der Waals surface area contributed by atoms with Gasteiger partial charge in [0.05, 0.1) is 24.4 Å². The van der Waals surface area contributed by atoms with Gasteiger partial charge in [-0.2, -0.15) is 5.10 Å². The van der Waals surface area contributed by atoms with Crippen molar-refractivity contribution < 1.29 is 63.0 Å². The second-order valence-electron chi connectivity index (χ2n) is 22.6. The van der Waals surface area contributed by atoms with Crippen LogP contribution in [0.3, 0.4) is 0 Å². The number of methoxy groups -OCH3 is 2. The first-order valence-corrected chi connectivity index (χ1v) is 28.8. The first-order chi connectivity index (χ1) is 38.2. The lowest BCUT2D eigenvalue weighted by atomic mass is 9.80. The fourth-order valence-corrected chi connectivity index (χ4v) is 11.4. The minimum absolute atomic E-state index is 0.00164. The highest BCUT2D eigenvalue weighted by atomic mass is 16.6. The Morgan fingerprint density at radius 1 is 0.912 bits per heavy atom. The standard InChI is InChI=1S/C62H91N5O13/c1-10-11-12-21-32-78-51-30-28-45(36-54(51)77-9)35-48(63)53-38-49(65-66-61(74)64-46-24-17-14-18-25-46)41(4)34-43(6)56(69)57(70)55(68)42(5)33-39(2)22-15-13-16-23-40(3)52(76-8)37-47-29-27-44(7)62(75,80-47)58(71)59(72)67-31-20-19-26-50(67)60(73)79-53/h1,13-18,22-25,34,39,41-42,44-45,47-48,50-54,56-57,69-70,75H,11-12,19-21,26-33,35-38,63H2,2-9H3,(H2,64,66,74)/b16-13+,22-15+,40-23+,43-34+,65-49-/t39-,41-,42-,44-,45+,47+,48-,50+,51-,52+,53+,54-,56-,57+,62-/m1/s1. The molecule has 3 fully saturated rings. The van der Waals surface area contributed by atoms with E-state index in [1.807, 2.05) is 44.2 Å². The van der Waals surface area contributed by atoms with E-state index in [0.717, 1.165) is 24.8 Å². The molecule has 3 amide bonds. The van der Waals surface area contributed by atoms with Gasteiger partial charge >= 0.3 is 12.0 Å². The summed E-state index contributed by atoms with van der Waals surface area (Å²) in [6.07, 6.45) is 17.8. The number of rotatable bonds is 12. The number of nitrogens with two attached hydrogens (primary N) is 1. The van der Waals surface area contributed by atoms with Crippen LogP contribution in [0.5, 0.6) is 0 Å². The molecule has 1 saturated carbocycles. The number of aliphatic hydroxyl groups is 3. The maximum Gasteiger partial charge on any atom is 0.339 e. The van der Waals surface area contributed by atoms with Gasteiger partial charge in [0.25, 0.3) is 11.7 Å². The van der Waals surface area contributed by atoms with E-state index in [1.165, 1.54) is 4.90 Å². The van der Waals surface area contributed by atoms with E-state index in [9.17, 15) is 39.3 Å². The van der Waals surface area contributed by atoms with Crippen molar-refractivity contribution in [3.63, 3.8) is 0 Å². The molecule has 0 unspecified atom stereocenters. The van der Waals surface area contributed by atoms with Gasteiger partial charge in [0.2, 0.25) is 5.79 Å². The van der Waals surface area contributed by atoms with Crippen LogP contribution >= 0.6 is 0 Å². The number of carbonyl (C=O) groups is 5. The zero-order valence-corrected chi connectivity index (χ0v) is 48.4. The van der Waals surface area contributed by atoms with Gasteiger partial charge in [-0.1, -0.05) is 82.4 Å². The van der Waals surface area contributed by atoms with E-state index in [1.54, 1.807) is 78.3 Å². The average molecular weight is 1110 g/mol. The van der Waals surface area contributed by atoms with E-state index in [4.69, 9.17) is 35.8 Å². The van der Waals surface area contributed by atoms with Crippen LogP contribution in [0.2, 0.25) is 0 Å². The van der Waals surface area contributed by atoms with Crippen molar-refractivity contribution in [2.75, 3.05) is 32.7 Å². The summed E-state index contributed by atoms with van der Waals surface area (Å²) >= 11 is 0. The zero-order chi connectivity index (χ0) is 58.5. The highest BCUT2D eigenvalue weighted by Gasteiger charge is 2.53. The number of amides is 3. The number of fused-ring (bicyclic) bond motifs is 3. The maximum atomic E-state index is 14.9. The Labute approximate surface area is 474 Å². The predicted octanol–water partition coefficient (Wildman–Crippen LogP) is 7.65. The number of nitrogens with one attached hydrogen (secondary N) is 2. The largest absolute Gasteiger partial charge is 0.459 e. The Hall–Kier alpha value is -5.36. The Balaban J connectivity index is 1.54. The SMILES string of the molecule is C#CCCCCO[C@@H]1CC[C@@H](C[C@@H](N)[C@@H]2C/C(=N/NC(=O)Nc3ccccc3)[C@H](C)/C=C(\C)[C@@H](O)[C@@H](O)C(=O)[C@H](C)C[C@H](C)/C=C/C=C/C=C(\C)[C@@H](OC)C[C@@H]3CC[C@@H](C)[C@@](O)(O3)C(=O)C(=O)N3CCCC[C@H]3C(=O)O2)C[C@H]1OC. The summed E-state index contributed by atoms with van der Waals surface area (Å²) in [4.78, 5) is 72.2. The van der Waals surface area contributed by atoms with Crippen molar-refractivity contribution in [2.45, 2.75) is 198 Å². The Morgan fingerprint density at radius 2 is 1.66 bits per heavy atom. The number of benzene rings is 1. The number of terminal acetylenes is 1. The topological polar surface area (TPSA) is 258 Å². The number of anilines is 1. The van der Waals surface area contributed by atoms with Gasteiger partial charge in [0.1, 0.15) is 24.4 Å². The summed E-state index contributed by atoms with van der Waals surface area (Å²) in [5.74, 6) is -5.60. The summed E-state index contributed by atoms with van der Waals surface area (Å²) in [5, 5.41) is 42.4. The molecule has 7 N–H and O–H groups in total. The van der Waals surface area contributed by atoms with Crippen LogP contribution < -0.4 is 16.5 Å². The number of cyclic esters (lactones) is 1.